The van der Waals surface area contributed by atoms with Crippen LogP contribution in [-0.2, 0) is 16.0 Å². The standard InChI is InChI=1S/C36H46FN9O3/c37-31-14-11-27(20-30(31)35(48)42-29-15-17-41-18-16-29)24-5-1-22(2-6-24)19-32(44-34(47)26-7-3-23(21-38)4-8-26)36(49)43-28-12-9-25(10-13-28)33(39)45-46-40/h1-2,5-6,9-14,20,23,26,29,32,41,46H,3-4,7-8,15-19,21,38,40H2,(H2,39,45)(H,42,48)(H,43,49)(H,44,47)/t23?,26?,32-/m0/s1. The maximum Gasteiger partial charge on any atom is 0.254 e. The number of benzene rings is 3. The quantitative estimate of drug-likeness (QED) is 0.0621. The van der Waals surface area contributed by atoms with Gasteiger partial charge in [0, 0.05) is 29.6 Å². The first-order valence-corrected chi connectivity index (χ1v) is 16.8. The molecule has 1 saturated carbocycles. The van der Waals surface area contributed by atoms with E-state index in [9.17, 15) is 18.8 Å². The third-order valence-corrected chi connectivity index (χ3v) is 9.43. The van der Waals surface area contributed by atoms with E-state index in [-0.39, 0.29) is 41.6 Å². The molecule has 49 heavy (non-hydrogen) atoms. The van der Waals surface area contributed by atoms with Gasteiger partial charge in [-0.05, 0) is 117 Å². The number of nitrogens with zero attached hydrogens (tertiary/aromatic N) is 1. The Morgan fingerprint density at radius 1 is 0.898 bits per heavy atom. The second-order valence-electron chi connectivity index (χ2n) is 12.8. The summed E-state index contributed by atoms with van der Waals surface area (Å²) in [5, 5.41) is 15.9. The van der Waals surface area contributed by atoms with E-state index in [4.69, 9.17) is 17.3 Å². The number of nitrogens with two attached hydrogens (primary N) is 3. The van der Waals surface area contributed by atoms with Crippen LogP contribution in [0.4, 0.5) is 10.1 Å². The van der Waals surface area contributed by atoms with Gasteiger partial charge in [-0.25, -0.2) is 15.8 Å². The third-order valence-electron chi connectivity index (χ3n) is 9.43. The first kappa shape index (κ1) is 35.5. The molecule has 0 bridgehead atoms. The van der Waals surface area contributed by atoms with Gasteiger partial charge < -0.3 is 32.7 Å². The summed E-state index contributed by atoms with van der Waals surface area (Å²) >= 11 is 0. The molecule has 3 aromatic rings. The van der Waals surface area contributed by atoms with E-state index in [2.05, 4.69) is 31.9 Å². The number of anilines is 1. The van der Waals surface area contributed by atoms with Crippen LogP contribution < -0.4 is 44.1 Å². The molecule has 0 aromatic heterocycles. The molecular weight excluding hydrogens is 625 g/mol. The number of nitrogens with one attached hydrogen (secondary N) is 5. The lowest BCUT2D eigenvalue weighted by Gasteiger charge is -2.28. The number of halogens is 1. The van der Waals surface area contributed by atoms with Gasteiger partial charge in [-0.15, -0.1) is 5.10 Å². The maximum atomic E-state index is 14.7. The Labute approximate surface area is 285 Å². The minimum atomic E-state index is -0.852. The number of amidine groups is 1. The molecule has 3 aromatic carbocycles. The molecule has 3 amide bonds. The van der Waals surface area contributed by atoms with Crippen LogP contribution in [0.1, 0.15) is 60.0 Å². The van der Waals surface area contributed by atoms with Crippen molar-refractivity contribution in [2.45, 2.75) is 57.0 Å². The fourth-order valence-corrected chi connectivity index (χ4v) is 6.42. The number of carbonyl (C=O) groups excluding carboxylic acids is 3. The summed E-state index contributed by atoms with van der Waals surface area (Å²) in [4.78, 5) is 39.9. The van der Waals surface area contributed by atoms with Gasteiger partial charge in [-0.2, -0.15) is 0 Å². The monoisotopic (exact) mass is 671 g/mol. The Morgan fingerprint density at radius 3 is 2.22 bits per heavy atom. The van der Waals surface area contributed by atoms with Crippen molar-refractivity contribution in [3.63, 3.8) is 0 Å². The number of hydrazine groups is 1. The van der Waals surface area contributed by atoms with Gasteiger partial charge >= 0.3 is 0 Å². The van der Waals surface area contributed by atoms with E-state index in [1.807, 2.05) is 24.3 Å². The highest BCUT2D eigenvalue weighted by Crippen LogP contribution is 2.29. The Morgan fingerprint density at radius 2 is 1.57 bits per heavy atom. The average molecular weight is 672 g/mol. The molecule has 1 aliphatic carbocycles. The van der Waals surface area contributed by atoms with Crippen LogP contribution in [0.2, 0.25) is 0 Å². The number of piperidine rings is 1. The van der Waals surface area contributed by atoms with E-state index in [1.54, 1.807) is 36.4 Å². The molecule has 0 radical (unpaired) electrons. The second kappa shape index (κ2) is 17.0. The molecule has 0 spiro atoms. The molecule has 1 atom stereocenters. The number of rotatable bonds is 12. The average Bonchev–Trinajstić information content (AvgIpc) is 3.12. The molecule has 2 fully saturated rings. The summed E-state index contributed by atoms with van der Waals surface area (Å²) in [5.41, 5.74) is 17.3. The molecule has 2 aliphatic rings. The number of amides is 3. The van der Waals surface area contributed by atoms with Crippen molar-refractivity contribution in [3.05, 3.63) is 89.2 Å². The molecule has 11 N–H and O–H groups in total. The molecule has 1 heterocycles. The van der Waals surface area contributed by atoms with Crippen LogP contribution >= 0.6 is 0 Å². The highest BCUT2D eigenvalue weighted by molar-refractivity contribution is 6.00. The fraction of sp³-hybridized carbons (Fsp3) is 0.389. The first-order chi connectivity index (χ1) is 23.7. The predicted molar refractivity (Wildman–Crippen MR) is 188 cm³/mol. The molecular formula is C36H46FN9O3. The molecule has 12 nitrogen and oxygen atoms in total. The van der Waals surface area contributed by atoms with Crippen molar-refractivity contribution in [1.82, 2.24) is 21.5 Å². The van der Waals surface area contributed by atoms with Crippen molar-refractivity contribution in [2.75, 3.05) is 25.0 Å². The maximum absolute atomic E-state index is 14.7. The van der Waals surface area contributed by atoms with Gasteiger partial charge in [0.05, 0.1) is 5.56 Å². The zero-order chi connectivity index (χ0) is 34.8. The normalized spacial score (nSPS) is 19.0. The summed E-state index contributed by atoms with van der Waals surface area (Å²) in [6.07, 6.45) is 5.07. The van der Waals surface area contributed by atoms with Crippen molar-refractivity contribution in [2.24, 2.45) is 34.2 Å². The summed E-state index contributed by atoms with van der Waals surface area (Å²) in [7, 11) is 0. The van der Waals surface area contributed by atoms with Crippen LogP contribution in [0.5, 0.6) is 0 Å². The van der Waals surface area contributed by atoms with Gasteiger partial charge in [-0.3, -0.25) is 14.4 Å². The molecule has 0 unspecified atom stereocenters. The van der Waals surface area contributed by atoms with E-state index in [0.29, 0.717) is 29.3 Å². The van der Waals surface area contributed by atoms with Gasteiger partial charge in [0.15, 0.2) is 5.84 Å². The second-order valence-corrected chi connectivity index (χ2v) is 12.8. The largest absolute Gasteiger partial charge is 0.382 e. The minimum absolute atomic E-state index is 0.000830. The zero-order valence-electron chi connectivity index (χ0n) is 27.5. The van der Waals surface area contributed by atoms with E-state index < -0.39 is 17.8 Å². The van der Waals surface area contributed by atoms with Crippen molar-refractivity contribution < 1.29 is 18.8 Å². The number of carbonyl (C=O) groups is 3. The third kappa shape index (κ3) is 9.62. The van der Waals surface area contributed by atoms with Gasteiger partial charge in [0.2, 0.25) is 11.8 Å². The Hall–Kier alpha value is -4.85. The summed E-state index contributed by atoms with van der Waals surface area (Å²) in [5.74, 6) is 4.12. The van der Waals surface area contributed by atoms with Crippen molar-refractivity contribution in [3.8, 4) is 11.1 Å². The Kier molecular flexibility index (Phi) is 12.3. The molecule has 1 aliphatic heterocycles. The number of hydrazone groups is 1. The van der Waals surface area contributed by atoms with E-state index in [0.717, 1.165) is 62.7 Å². The van der Waals surface area contributed by atoms with Crippen LogP contribution in [0.15, 0.2) is 71.8 Å². The van der Waals surface area contributed by atoms with Crippen LogP contribution in [-0.4, -0.2) is 55.3 Å². The molecule has 1 saturated heterocycles. The number of hydrogen-bond acceptors (Lipinski definition) is 8. The number of hydrogen-bond donors (Lipinski definition) is 8. The highest BCUT2D eigenvalue weighted by atomic mass is 19.1. The molecule has 260 valence electrons. The Balaban J connectivity index is 1.30. The van der Waals surface area contributed by atoms with Gasteiger partial charge in [-0.1, -0.05) is 30.3 Å². The van der Waals surface area contributed by atoms with Gasteiger partial charge in [0.1, 0.15) is 11.9 Å². The summed E-state index contributed by atoms with van der Waals surface area (Å²) < 4.78 is 14.7. The van der Waals surface area contributed by atoms with Crippen molar-refractivity contribution >= 4 is 29.2 Å². The molecule has 13 heteroatoms. The Bertz CT molecular complexity index is 1620. The topological polar surface area (TPSA) is 202 Å². The smallest absolute Gasteiger partial charge is 0.254 e. The summed E-state index contributed by atoms with van der Waals surface area (Å²) in [6.45, 7) is 2.24. The van der Waals surface area contributed by atoms with Crippen LogP contribution in [0.3, 0.4) is 0 Å². The van der Waals surface area contributed by atoms with Crippen molar-refractivity contribution in [1.29, 1.82) is 0 Å². The van der Waals surface area contributed by atoms with Crippen LogP contribution in [0, 0.1) is 17.7 Å². The highest BCUT2D eigenvalue weighted by Gasteiger charge is 2.29. The zero-order valence-corrected chi connectivity index (χ0v) is 27.5. The lowest BCUT2D eigenvalue weighted by atomic mass is 9.81. The van der Waals surface area contributed by atoms with Gasteiger partial charge in [0.25, 0.3) is 5.91 Å². The summed E-state index contributed by atoms with van der Waals surface area (Å²) in [6, 6.07) is 17.9. The van der Waals surface area contributed by atoms with Crippen LogP contribution in [0.25, 0.3) is 11.1 Å². The SMILES string of the molecule is NCC1CCC(C(=O)N[C@@H](Cc2ccc(-c3ccc(F)c(C(=O)NC4CCNCC4)c3)cc2)C(=O)Nc2ccc(/C(N)=N/NN)cc2)CC1. The minimum Gasteiger partial charge on any atom is -0.382 e. The fourth-order valence-electron chi connectivity index (χ4n) is 6.42. The van der Waals surface area contributed by atoms with E-state index >= 15 is 0 Å². The lowest BCUT2D eigenvalue weighted by Crippen LogP contribution is -2.48. The van der Waals surface area contributed by atoms with E-state index in [1.165, 1.54) is 6.07 Å². The lowest BCUT2D eigenvalue weighted by molar-refractivity contribution is -0.130. The predicted octanol–water partition coefficient (Wildman–Crippen LogP) is 2.49. The first-order valence-electron chi connectivity index (χ1n) is 16.8. The molecule has 5 rings (SSSR count).